The molecule has 1 aliphatic rings. The molecule has 5 rings (SSSR count). The monoisotopic (exact) mass is 493 g/mol. The van der Waals surface area contributed by atoms with Gasteiger partial charge < -0.3 is 25.4 Å². The topological polar surface area (TPSA) is 93.9 Å². The molecular formula is C30H27N3O4. The van der Waals surface area contributed by atoms with Crippen LogP contribution in [0.2, 0.25) is 0 Å². The molecule has 7 heteroatoms. The standard InChI is InChI=1S/C30H27N3O4/c1-36-27-16-13-22(17-23(27)19-37-24-14-11-21(12-15-24)28(31)34)29-32-26-10-6-5-9-25(26)30(35)33(29)18-20-7-3-2-4-8-20/h2-17,29,32H,18-19H2,1H3,(H2,31,34). The highest BCUT2D eigenvalue weighted by atomic mass is 16.5. The van der Waals surface area contributed by atoms with Crippen molar-refractivity contribution in [2.24, 2.45) is 5.73 Å². The number of anilines is 1. The lowest BCUT2D eigenvalue weighted by atomic mass is 10.0. The molecule has 1 unspecified atom stereocenters. The van der Waals surface area contributed by atoms with Gasteiger partial charge in [-0.25, -0.2) is 0 Å². The van der Waals surface area contributed by atoms with Crippen LogP contribution in [0.5, 0.6) is 11.5 Å². The highest BCUT2D eigenvalue weighted by molar-refractivity contribution is 6.01. The van der Waals surface area contributed by atoms with E-state index < -0.39 is 5.91 Å². The van der Waals surface area contributed by atoms with Crippen molar-refractivity contribution in [1.82, 2.24) is 4.90 Å². The zero-order valence-corrected chi connectivity index (χ0v) is 20.4. The van der Waals surface area contributed by atoms with Crippen LogP contribution in [0.4, 0.5) is 5.69 Å². The minimum atomic E-state index is -0.489. The Morgan fingerprint density at radius 1 is 0.946 bits per heavy atom. The third-order valence-electron chi connectivity index (χ3n) is 6.37. The maximum absolute atomic E-state index is 13.6. The molecule has 37 heavy (non-hydrogen) atoms. The van der Waals surface area contributed by atoms with Crippen molar-refractivity contribution in [3.05, 3.63) is 125 Å². The Balaban J connectivity index is 1.45. The van der Waals surface area contributed by atoms with E-state index in [1.54, 1.807) is 31.4 Å². The third kappa shape index (κ3) is 5.11. The molecule has 4 aromatic carbocycles. The Hall–Kier alpha value is -4.78. The summed E-state index contributed by atoms with van der Waals surface area (Å²) in [4.78, 5) is 26.8. The van der Waals surface area contributed by atoms with Crippen molar-refractivity contribution in [2.75, 3.05) is 12.4 Å². The van der Waals surface area contributed by atoms with Gasteiger partial charge in [-0.2, -0.15) is 0 Å². The maximum atomic E-state index is 13.6. The van der Waals surface area contributed by atoms with Crippen molar-refractivity contribution < 1.29 is 19.1 Å². The molecule has 7 nitrogen and oxygen atoms in total. The fraction of sp³-hybridized carbons (Fsp3) is 0.133. The Labute approximate surface area is 215 Å². The summed E-state index contributed by atoms with van der Waals surface area (Å²) in [5.74, 6) is 0.751. The molecule has 0 saturated heterocycles. The van der Waals surface area contributed by atoms with Crippen LogP contribution in [0.15, 0.2) is 97.1 Å². The number of hydrogen-bond donors (Lipinski definition) is 2. The van der Waals surface area contributed by atoms with Gasteiger partial charge in [-0.05, 0) is 59.7 Å². The van der Waals surface area contributed by atoms with Crippen molar-refractivity contribution in [1.29, 1.82) is 0 Å². The van der Waals surface area contributed by atoms with Crippen molar-refractivity contribution >= 4 is 17.5 Å². The van der Waals surface area contributed by atoms with Gasteiger partial charge in [-0.3, -0.25) is 9.59 Å². The summed E-state index contributed by atoms with van der Waals surface area (Å²) in [5, 5.41) is 3.55. The summed E-state index contributed by atoms with van der Waals surface area (Å²) >= 11 is 0. The lowest BCUT2D eigenvalue weighted by molar-refractivity contribution is 0.0666. The maximum Gasteiger partial charge on any atom is 0.258 e. The lowest BCUT2D eigenvalue weighted by Crippen LogP contribution is -2.42. The van der Waals surface area contributed by atoms with Gasteiger partial charge in [0.1, 0.15) is 24.3 Å². The van der Waals surface area contributed by atoms with Crippen LogP contribution >= 0.6 is 0 Å². The van der Waals surface area contributed by atoms with Crippen LogP contribution in [0.3, 0.4) is 0 Å². The minimum Gasteiger partial charge on any atom is -0.496 e. The number of para-hydroxylation sites is 1. The second-order valence-electron chi connectivity index (χ2n) is 8.76. The number of nitrogens with one attached hydrogen (secondary N) is 1. The Morgan fingerprint density at radius 2 is 1.68 bits per heavy atom. The fourth-order valence-corrected chi connectivity index (χ4v) is 4.46. The number of methoxy groups -OCH3 is 1. The molecule has 0 spiro atoms. The van der Waals surface area contributed by atoms with E-state index in [1.165, 1.54) is 0 Å². The molecule has 3 N–H and O–H groups in total. The fourth-order valence-electron chi connectivity index (χ4n) is 4.46. The van der Waals surface area contributed by atoms with Crippen LogP contribution in [0.1, 0.15) is 43.6 Å². The van der Waals surface area contributed by atoms with E-state index in [-0.39, 0.29) is 18.7 Å². The van der Waals surface area contributed by atoms with Gasteiger partial charge in [0.15, 0.2) is 0 Å². The van der Waals surface area contributed by atoms with Crippen LogP contribution < -0.4 is 20.5 Å². The molecule has 1 atom stereocenters. The summed E-state index contributed by atoms with van der Waals surface area (Å²) < 4.78 is 11.6. The summed E-state index contributed by atoms with van der Waals surface area (Å²) in [5.41, 5.74) is 9.95. The number of ether oxygens (including phenoxy) is 2. The average Bonchev–Trinajstić information content (AvgIpc) is 2.94. The van der Waals surface area contributed by atoms with Gasteiger partial charge in [-0.1, -0.05) is 48.5 Å². The molecule has 2 amide bonds. The zero-order valence-electron chi connectivity index (χ0n) is 20.4. The molecule has 186 valence electrons. The van der Waals surface area contributed by atoms with E-state index in [4.69, 9.17) is 15.2 Å². The number of nitrogens with two attached hydrogens (primary N) is 1. The molecule has 0 radical (unpaired) electrons. The Bertz CT molecular complexity index is 1420. The summed E-state index contributed by atoms with van der Waals surface area (Å²) in [6.07, 6.45) is -0.387. The van der Waals surface area contributed by atoms with Gasteiger partial charge in [0, 0.05) is 23.4 Å². The number of benzene rings is 4. The Morgan fingerprint density at radius 3 is 2.41 bits per heavy atom. The highest BCUT2D eigenvalue weighted by Crippen LogP contribution is 2.36. The summed E-state index contributed by atoms with van der Waals surface area (Å²) in [6, 6.07) is 30.0. The van der Waals surface area contributed by atoms with Gasteiger partial charge in [0.05, 0.1) is 12.7 Å². The zero-order chi connectivity index (χ0) is 25.8. The van der Waals surface area contributed by atoms with E-state index in [0.717, 1.165) is 22.4 Å². The summed E-state index contributed by atoms with van der Waals surface area (Å²) in [7, 11) is 1.61. The van der Waals surface area contributed by atoms with Gasteiger partial charge in [0.25, 0.3) is 5.91 Å². The van der Waals surface area contributed by atoms with Crippen LogP contribution in [-0.2, 0) is 13.2 Å². The molecule has 1 aliphatic heterocycles. The number of amides is 2. The number of rotatable bonds is 8. The predicted molar refractivity (Wildman–Crippen MR) is 141 cm³/mol. The normalized spacial score (nSPS) is 14.5. The molecule has 0 aliphatic carbocycles. The average molecular weight is 494 g/mol. The van der Waals surface area contributed by atoms with E-state index >= 15 is 0 Å². The van der Waals surface area contributed by atoms with Gasteiger partial charge in [0.2, 0.25) is 5.91 Å². The third-order valence-corrected chi connectivity index (χ3v) is 6.37. The number of carbonyl (C=O) groups is 2. The number of carbonyl (C=O) groups excluding carboxylic acids is 2. The van der Waals surface area contributed by atoms with E-state index in [0.29, 0.717) is 29.2 Å². The number of fused-ring (bicyclic) bond motifs is 1. The lowest BCUT2D eigenvalue weighted by Gasteiger charge is -2.38. The highest BCUT2D eigenvalue weighted by Gasteiger charge is 2.33. The van der Waals surface area contributed by atoms with Crippen molar-refractivity contribution in [3.8, 4) is 11.5 Å². The first kappa shape index (κ1) is 23.9. The predicted octanol–water partition coefficient (Wildman–Crippen LogP) is 5.14. The van der Waals surface area contributed by atoms with E-state index in [1.807, 2.05) is 77.7 Å². The SMILES string of the molecule is COc1ccc(C2Nc3ccccc3C(=O)N2Cc2ccccc2)cc1COc1ccc(C(N)=O)cc1. The molecule has 0 aromatic heterocycles. The van der Waals surface area contributed by atoms with E-state index in [2.05, 4.69) is 5.32 Å². The quantitative estimate of drug-likeness (QED) is 0.355. The van der Waals surface area contributed by atoms with Crippen LogP contribution in [0, 0.1) is 0 Å². The molecule has 4 aromatic rings. The van der Waals surface area contributed by atoms with Crippen LogP contribution in [0.25, 0.3) is 0 Å². The summed E-state index contributed by atoms with van der Waals surface area (Å²) in [6.45, 7) is 0.693. The smallest absolute Gasteiger partial charge is 0.258 e. The Kier molecular flexibility index (Phi) is 6.76. The van der Waals surface area contributed by atoms with Gasteiger partial charge in [-0.15, -0.1) is 0 Å². The molecule has 0 saturated carbocycles. The first-order valence-electron chi connectivity index (χ1n) is 11.9. The second-order valence-corrected chi connectivity index (χ2v) is 8.76. The van der Waals surface area contributed by atoms with Crippen LogP contribution in [-0.4, -0.2) is 23.8 Å². The van der Waals surface area contributed by atoms with Gasteiger partial charge >= 0.3 is 0 Å². The first-order chi connectivity index (χ1) is 18.0. The largest absolute Gasteiger partial charge is 0.496 e. The molecular weight excluding hydrogens is 466 g/mol. The number of primary amides is 1. The number of hydrogen-bond acceptors (Lipinski definition) is 5. The van der Waals surface area contributed by atoms with E-state index in [9.17, 15) is 9.59 Å². The minimum absolute atomic E-state index is 0.0358. The molecule has 0 bridgehead atoms. The van der Waals surface area contributed by atoms with Crippen molar-refractivity contribution in [2.45, 2.75) is 19.3 Å². The number of nitrogens with zero attached hydrogens (tertiary/aromatic N) is 1. The van der Waals surface area contributed by atoms with Crippen molar-refractivity contribution in [3.63, 3.8) is 0 Å². The molecule has 1 heterocycles. The molecule has 0 fully saturated rings. The first-order valence-corrected chi connectivity index (χ1v) is 11.9. The second kappa shape index (κ2) is 10.5.